The van der Waals surface area contributed by atoms with Crippen molar-refractivity contribution < 1.29 is 0 Å². The number of fused-ring (bicyclic) bond motifs is 4. The van der Waals surface area contributed by atoms with Gasteiger partial charge in [0, 0.05) is 10.9 Å². The number of rotatable bonds is 4. The van der Waals surface area contributed by atoms with Crippen LogP contribution in [0.1, 0.15) is 10.6 Å². The fraction of sp³-hybridized carbons (Fsp3) is 0.0588. The molecular formula is C17H9BrN8S3. The summed E-state index contributed by atoms with van der Waals surface area (Å²) in [4.78, 5) is 5.23. The van der Waals surface area contributed by atoms with Crippen LogP contribution in [0.15, 0.2) is 56.8 Å². The lowest BCUT2D eigenvalue weighted by Crippen LogP contribution is -1.94. The van der Waals surface area contributed by atoms with Crippen LogP contribution in [-0.2, 0) is 6.42 Å². The standard InChI is InChI=1S/C17H9BrN8S3/c18-10-3-1-9(2-4-10)7-12-24-26-16(28-12)22-23-17(26)29-15-21-20-14-13-11(5-6-27-13)19-8-25(14)15/h1-6,8H,7H2. The molecule has 5 heterocycles. The second-order valence-corrected chi connectivity index (χ2v) is 9.94. The van der Waals surface area contributed by atoms with Crippen LogP contribution in [0.25, 0.3) is 20.8 Å². The van der Waals surface area contributed by atoms with Crippen molar-refractivity contribution in [2.24, 2.45) is 0 Å². The zero-order chi connectivity index (χ0) is 19.4. The first-order valence-corrected chi connectivity index (χ1v) is 11.8. The lowest BCUT2D eigenvalue weighted by atomic mass is 10.2. The molecule has 6 rings (SSSR count). The average Bonchev–Trinajstić information content (AvgIpc) is 3.48. The van der Waals surface area contributed by atoms with Crippen LogP contribution in [0.2, 0.25) is 0 Å². The smallest absolute Gasteiger partial charge is 0.235 e. The van der Waals surface area contributed by atoms with Crippen LogP contribution >= 0.6 is 50.4 Å². The van der Waals surface area contributed by atoms with E-state index in [1.807, 2.05) is 28.0 Å². The summed E-state index contributed by atoms with van der Waals surface area (Å²) in [7, 11) is 0. The molecule has 8 nitrogen and oxygen atoms in total. The maximum Gasteiger partial charge on any atom is 0.235 e. The van der Waals surface area contributed by atoms with Crippen molar-refractivity contribution in [3.8, 4) is 0 Å². The van der Waals surface area contributed by atoms with Gasteiger partial charge in [0.25, 0.3) is 0 Å². The van der Waals surface area contributed by atoms with E-state index in [0.717, 1.165) is 36.7 Å². The Morgan fingerprint density at radius 3 is 2.76 bits per heavy atom. The predicted octanol–water partition coefficient (Wildman–Crippen LogP) is 4.34. The SMILES string of the molecule is Brc1ccc(Cc2nn3c(Sc4nnc5c6sccc6ncn45)nnc3s2)cc1. The Hall–Kier alpha value is -2.41. The van der Waals surface area contributed by atoms with E-state index in [0.29, 0.717) is 10.3 Å². The minimum absolute atomic E-state index is 0.652. The number of benzene rings is 1. The number of halogens is 1. The summed E-state index contributed by atoms with van der Waals surface area (Å²) in [5.74, 6) is 0. The van der Waals surface area contributed by atoms with Gasteiger partial charge >= 0.3 is 0 Å². The van der Waals surface area contributed by atoms with Crippen molar-refractivity contribution in [2.75, 3.05) is 0 Å². The molecule has 0 unspecified atom stereocenters. The zero-order valence-corrected chi connectivity index (χ0v) is 18.5. The van der Waals surface area contributed by atoms with Gasteiger partial charge in [0.1, 0.15) is 11.3 Å². The van der Waals surface area contributed by atoms with Crippen LogP contribution in [0.4, 0.5) is 0 Å². The van der Waals surface area contributed by atoms with Crippen LogP contribution in [0.5, 0.6) is 0 Å². The average molecular weight is 501 g/mol. The van der Waals surface area contributed by atoms with Gasteiger partial charge in [0.15, 0.2) is 5.65 Å². The number of nitrogens with zero attached hydrogens (tertiary/aromatic N) is 8. The van der Waals surface area contributed by atoms with Crippen molar-refractivity contribution in [2.45, 2.75) is 16.7 Å². The van der Waals surface area contributed by atoms with E-state index in [2.05, 4.69) is 53.4 Å². The fourth-order valence-corrected chi connectivity index (χ4v) is 5.71. The Bertz CT molecular complexity index is 1480. The first-order valence-electron chi connectivity index (χ1n) is 8.45. The van der Waals surface area contributed by atoms with Gasteiger partial charge in [-0.25, -0.2) is 4.98 Å². The molecule has 0 bridgehead atoms. The third-order valence-corrected chi connectivity index (χ3v) is 7.50. The lowest BCUT2D eigenvalue weighted by Gasteiger charge is -1.98. The molecule has 0 atom stereocenters. The molecule has 29 heavy (non-hydrogen) atoms. The molecule has 5 aromatic heterocycles. The number of thiophene rings is 1. The first-order chi connectivity index (χ1) is 14.2. The Balaban J connectivity index is 1.34. The maximum atomic E-state index is 4.70. The molecule has 0 aliphatic carbocycles. The normalized spacial score (nSPS) is 11.9. The number of aromatic nitrogens is 8. The third-order valence-electron chi connectivity index (χ3n) is 4.28. The van der Waals surface area contributed by atoms with Crippen molar-refractivity contribution in [3.63, 3.8) is 0 Å². The summed E-state index contributed by atoms with van der Waals surface area (Å²) in [6, 6.07) is 10.2. The molecule has 6 aromatic rings. The van der Waals surface area contributed by atoms with Gasteiger partial charge in [0.2, 0.25) is 15.3 Å². The highest BCUT2D eigenvalue weighted by molar-refractivity contribution is 9.10. The Morgan fingerprint density at radius 2 is 1.86 bits per heavy atom. The number of hydrogen-bond donors (Lipinski definition) is 0. The highest BCUT2D eigenvalue weighted by Crippen LogP contribution is 2.30. The molecule has 0 radical (unpaired) electrons. The van der Waals surface area contributed by atoms with Gasteiger partial charge in [-0.2, -0.15) is 9.61 Å². The first kappa shape index (κ1) is 17.4. The maximum absolute atomic E-state index is 4.70. The molecule has 0 spiro atoms. The van der Waals surface area contributed by atoms with Crippen LogP contribution in [-0.4, -0.2) is 39.4 Å². The van der Waals surface area contributed by atoms with Gasteiger partial charge < -0.3 is 0 Å². The van der Waals surface area contributed by atoms with Gasteiger partial charge in [-0.3, -0.25) is 4.40 Å². The van der Waals surface area contributed by atoms with Crippen LogP contribution < -0.4 is 0 Å². The van der Waals surface area contributed by atoms with Crippen LogP contribution in [0.3, 0.4) is 0 Å². The quantitative estimate of drug-likeness (QED) is 0.355. The summed E-state index contributed by atoms with van der Waals surface area (Å²) < 4.78 is 5.72. The van der Waals surface area contributed by atoms with Gasteiger partial charge in [-0.1, -0.05) is 39.4 Å². The zero-order valence-electron chi connectivity index (χ0n) is 14.4. The Kier molecular flexibility index (Phi) is 4.11. The van der Waals surface area contributed by atoms with E-state index in [4.69, 9.17) is 5.10 Å². The molecular weight excluding hydrogens is 492 g/mol. The second-order valence-electron chi connectivity index (χ2n) is 6.13. The molecule has 0 aliphatic rings. The van der Waals surface area contributed by atoms with Gasteiger partial charge in [-0.05, 0) is 40.9 Å². The summed E-state index contributed by atoms with van der Waals surface area (Å²) in [5.41, 5.74) is 2.91. The molecule has 0 saturated carbocycles. The van der Waals surface area contributed by atoms with E-state index in [1.165, 1.54) is 28.7 Å². The molecule has 0 saturated heterocycles. The summed E-state index contributed by atoms with van der Waals surface area (Å²) in [6.07, 6.45) is 2.49. The summed E-state index contributed by atoms with van der Waals surface area (Å²) >= 11 is 7.98. The van der Waals surface area contributed by atoms with Crippen LogP contribution in [0, 0.1) is 0 Å². The van der Waals surface area contributed by atoms with Crippen molar-refractivity contribution in [1.29, 1.82) is 0 Å². The molecule has 0 N–H and O–H groups in total. The van der Waals surface area contributed by atoms with Crippen molar-refractivity contribution in [3.05, 3.63) is 57.1 Å². The summed E-state index contributed by atoms with van der Waals surface area (Å²) in [6.45, 7) is 0. The van der Waals surface area contributed by atoms with E-state index in [-0.39, 0.29) is 0 Å². The molecule has 0 amide bonds. The molecule has 1 aromatic carbocycles. The molecule has 0 fully saturated rings. The predicted molar refractivity (Wildman–Crippen MR) is 116 cm³/mol. The Labute approximate surface area is 183 Å². The van der Waals surface area contributed by atoms with Gasteiger partial charge in [0.05, 0.1) is 10.2 Å². The molecule has 142 valence electrons. The lowest BCUT2D eigenvalue weighted by molar-refractivity contribution is 0.794. The Morgan fingerprint density at radius 1 is 1.00 bits per heavy atom. The fourth-order valence-electron chi connectivity index (χ4n) is 2.93. The third kappa shape index (κ3) is 3.03. The summed E-state index contributed by atoms with van der Waals surface area (Å²) in [5, 5.41) is 26.2. The number of hydrogen-bond acceptors (Lipinski definition) is 9. The monoisotopic (exact) mass is 500 g/mol. The largest absolute Gasteiger partial charge is 0.259 e. The van der Waals surface area contributed by atoms with Crippen molar-refractivity contribution >= 4 is 71.2 Å². The molecule has 12 heteroatoms. The minimum atomic E-state index is 0.652. The molecule has 0 aliphatic heterocycles. The van der Waals surface area contributed by atoms with E-state index < -0.39 is 0 Å². The highest BCUT2D eigenvalue weighted by Gasteiger charge is 2.17. The van der Waals surface area contributed by atoms with E-state index in [1.54, 1.807) is 22.2 Å². The van der Waals surface area contributed by atoms with Gasteiger partial charge in [-0.15, -0.1) is 31.7 Å². The topological polar surface area (TPSA) is 86.2 Å². The van der Waals surface area contributed by atoms with E-state index >= 15 is 0 Å². The minimum Gasteiger partial charge on any atom is -0.259 e. The highest BCUT2D eigenvalue weighted by atomic mass is 79.9. The van der Waals surface area contributed by atoms with E-state index in [9.17, 15) is 0 Å². The second kappa shape index (κ2) is 6.83. The van der Waals surface area contributed by atoms with Crippen molar-refractivity contribution in [1.82, 2.24) is 39.4 Å².